The number of fused-ring (bicyclic) bond motifs is 2. The Balaban J connectivity index is 1.21. The van der Waals surface area contributed by atoms with Gasteiger partial charge >= 0.3 is 0 Å². The summed E-state index contributed by atoms with van der Waals surface area (Å²) in [6.45, 7) is 7.24. The van der Waals surface area contributed by atoms with Crippen molar-refractivity contribution in [3.8, 4) is 0 Å². The molecule has 5 rings (SSSR count). The molecule has 2 aromatic heterocycles. The molecule has 2 aliphatic rings. The molecular formula is C24H31N5O2. The molecule has 0 bridgehead atoms. The minimum atomic E-state index is 0.0950. The molecule has 0 spiro atoms. The Labute approximate surface area is 182 Å². The maximum atomic E-state index is 12.7. The van der Waals surface area contributed by atoms with E-state index in [1.165, 1.54) is 11.3 Å². The van der Waals surface area contributed by atoms with Gasteiger partial charge in [-0.1, -0.05) is 18.2 Å². The van der Waals surface area contributed by atoms with Crippen LogP contribution in [0.4, 0.5) is 0 Å². The molecule has 1 aromatic carbocycles. The second-order valence-electron chi connectivity index (χ2n) is 8.67. The van der Waals surface area contributed by atoms with Gasteiger partial charge < -0.3 is 15.0 Å². The largest absolute Gasteiger partial charge is 0.376 e. The van der Waals surface area contributed by atoms with Gasteiger partial charge in [-0.05, 0) is 37.9 Å². The fraction of sp³-hybridized carbons (Fsp3) is 0.500. The summed E-state index contributed by atoms with van der Waals surface area (Å²) in [6.07, 6.45) is 5.42. The molecule has 7 heteroatoms. The van der Waals surface area contributed by atoms with Crippen LogP contribution in [0.1, 0.15) is 42.3 Å². The number of aromatic nitrogens is 3. The van der Waals surface area contributed by atoms with Crippen molar-refractivity contribution < 1.29 is 9.53 Å². The molecule has 1 fully saturated rings. The van der Waals surface area contributed by atoms with E-state index < -0.39 is 0 Å². The molecule has 1 atom stereocenters. The van der Waals surface area contributed by atoms with Crippen molar-refractivity contribution in [1.29, 1.82) is 0 Å². The highest BCUT2D eigenvalue weighted by atomic mass is 16.5. The van der Waals surface area contributed by atoms with E-state index in [9.17, 15) is 4.79 Å². The molecule has 2 N–H and O–H groups in total. The first-order valence-electron chi connectivity index (χ1n) is 11.4. The van der Waals surface area contributed by atoms with Gasteiger partial charge in [0.25, 0.3) is 0 Å². The molecule has 4 heterocycles. The summed E-state index contributed by atoms with van der Waals surface area (Å²) in [4.78, 5) is 18.4. The Hall–Kier alpha value is -2.64. The van der Waals surface area contributed by atoms with Crippen LogP contribution in [-0.2, 0) is 42.1 Å². The number of nitrogens with one attached hydrogen (secondary N) is 2. The molecule has 0 saturated carbocycles. The van der Waals surface area contributed by atoms with Gasteiger partial charge in [0.15, 0.2) is 0 Å². The molecule has 31 heavy (non-hydrogen) atoms. The number of nitrogens with zero attached hydrogens (tertiary/aromatic N) is 3. The third kappa shape index (κ3) is 4.25. The number of rotatable bonds is 6. The maximum Gasteiger partial charge on any atom is 0.224 e. The van der Waals surface area contributed by atoms with Crippen LogP contribution >= 0.6 is 0 Å². The zero-order chi connectivity index (χ0) is 21.2. The SMILES string of the molecule is CCn1nc(CN2CCCC(NC(=O)Cc3c[nH]c4ccccc34)C2)c2c1CCOC2. The van der Waals surface area contributed by atoms with Crippen molar-refractivity contribution in [3.05, 3.63) is 53.0 Å². The Morgan fingerprint density at radius 3 is 3.16 bits per heavy atom. The average molecular weight is 422 g/mol. The van der Waals surface area contributed by atoms with Crippen molar-refractivity contribution in [1.82, 2.24) is 25.0 Å². The van der Waals surface area contributed by atoms with Crippen LogP contribution < -0.4 is 5.32 Å². The lowest BCUT2D eigenvalue weighted by Crippen LogP contribution is -2.47. The first-order valence-corrected chi connectivity index (χ1v) is 11.4. The lowest BCUT2D eigenvalue weighted by molar-refractivity contribution is -0.121. The number of ether oxygens (including phenoxy) is 1. The van der Waals surface area contributed by atoms with Crippen LogP contribution in [0.3, 0.4) is 0 Å². The van der Waals surface area contributed by atoms with Crippen molar-refractivity contribution in [3.63, 3.8) is 0 Å². The molecule has 3 aromatic rings. The van der Waals surface area contributed by atoms with Crippen LogP contribution in [0.5, 0.6) is 0 Å². The summed E-state index contributed by atoms with van der Waals surface area (Å²) in [7, 11) is 0. The number of piperidine rings is 1. The van der Waals surface area contributed by atoms with Gasteiger partial charge in [-0.2, -0.15) is 5.10 Å². The monoisotopic (exact) mass is 421 g/mol. The third-order valence-corrected chi connectivity index (χ3v) is 6.55. The standard InChI is InChI=1S/C24H31N5O2/c1-2-29-23-9-11-31-16-20(23)22(27-29)15-28-10-5-6-18(14-28)26-24(30)12-17-13-25-21-8-4-3-7-19(17)21/h3-4,7-8,13,18,25H,2,5-6,9-12,14-16H2,1H3,(H,26,30). The van der Waals surface area contributed by atoms with Crippen LogP contribution in [0.25, 0.3) is 10.9 Å². The summed E-state index contributed by atoms with van der Waals surface area (Å²) in [6, 6.07) is 8.31. The van der Waals surface area contributed by atoms with E-state index in [1.807, 2.05) is 24.4 Å². The topological polar surface area (TPSA) is 75.2 Å². The van der Waals surface area contributed by atoms with Crippen LogP contribution in [0.2, 0.25) is 0 Å². The van der Waals surface area contributed by atoms with Crippen LogP contribution in [-0.4, -0.2) is 51.3 Å². The second kappa shape index (κ2) is 8.85. The molecule has 1 saturated heterocycles. The second-order valence-corrected chi connectivity index (χ2v) is 8.67. The Morgan fingerprint density at radius 1 is 1.35 bits per heavy atom. The first kappa shape index (κ1) is 20.3. The molecule has 0 aliphatic carbocycles. The van der Waals surface area contributed by atoms with Crippen molar-refractivity contribution in [2.45, 2.75) is 58.3 Å². The predicted molar refractivity (Wildman–Crippen MR) is 120 cm³/mol. The first-order chi connectivity index (χ1) is 15.2. The number of aryl methyl sites for hydroxylation is 1. The highest BCUT2D eigenvalue weighted by Crippen LogP contribution is 2.24. The van der Waals surface area contributed by atoms with Gasteiger partial charge in [0.05, 0.1) is 25.3 Å². The molecule has 2 aliphatic heterocycles. The Kier molecular flexibility index (Phi) is 5.78. The highest BCUT2D eigenvalue weighted by molar-refractivity contribution is 5.88. The van der Waals surface area contributed by atoms with E-state index >= 15 is 0 Å². The van der Waals surface area contributed by atoms with Crippen molar-refractivity contribution in [2.24, 2.45) is 0 Å². The number of hydrogen-bond acceptors (Lipinski definition) is 4. The van der Waals surface area contributed by atoms with Gasteiger partial charge in [0, 0.05) is 60.5 Å². The minimum Gasteiger partial charge on any atom is -0.376 e. The fourth-order valence-electron chi connectivity index (χ4n) is 5.03. The van der Waals surface area contributed by atoms with E-state index in [-0.39, 0.29) is 11.9 Å². The normalized spacial score (nSPS) is 19.5. The van der Waals surface area contributed by atoms with Gasteiger partial charge in [-0.3, -0.25) is 14.4 Å². The van der Waals surface area contributed by atoms with Crippen LogP contribution in [0.15, 0.2) is 30.5 Å². The number of aromatic amines is 1. The number of hydrogen-bond donors (Lipinski definition) is 2. The summed E-state index contributed by atoms with van der Waals surface area (Å²) < 4.78 is 7.84. The fourth-order valence-corrected chi connectivity index (χ4v) is 5.03. The lowest BCUT2D eigenvalue weighted by Gasteiger charge is -2.33. The molecule has 1 unspecified atom stereocenters. The molecule has 0 radical (unpaired) electrons. The number of benzene rings is 1. The van der Waals surface area contributed by atoms with E-state index in [4.69, 9.17) is 9.84 Å². The number of carbonyl (C=O) groups is 1. The summed E-state index contributed by atoms with van der Waals surface area (Å²) in [5.74, 6) is 0.0950. The predicted octanol–water partition coefficient (Wildman–Crippen LogP) is 2.78. The number of amides is 1. The zero-order valence-corrected chi connectivity index (χ0v) is 18.2. The lowest BCUT2D eigenvalue weighted by atomic mass is 10.0. The summed E-state index contributed by atoms with van der Waals surface area (Å²) in [5, 5.41) is 9.27. The molecule has 164 valence electrons. The average Bonchev–Trinajstić information content (AvgIpc) is 3.36. The number of para-hydroxylation sites is 1. The van der Waals surface area contributed by atoms with E-state index in [0.29, 0.717) is 13.0 Å². The minimum absolute atomic E-state index is 0.0950. The maximum absolute atomic E-state index is 12.7. The number of H-pyrrole nitrogens is 1. The molecule has 1 amide bonds. The highest BCUT2D eigenvalue weighted by Gasteiger charge is 2.26. The van der Waals surface area contributed by atoms with Crippen molar-refractivity contribution in [2.75, 3.05) is 19.7 Å². The van der Waals surface area contributed by atoms with Gasteiger partial charge in [-0.15, -0.1) is 0 Å². The van der Waals surface area contributed by atoms with Gasteiger partial charge in [0.2, 0.25) is 5.91 Å². The number of likely N-dealkylation sites (tertiary alicyclic amines) is 1. The zero-order valence-electron chi connectivity index (χ0n) is 18.2. The third-order valence-electron chi connectivity index (χ3n) is 6.55. The Bertz CT molecular complexity index is 1070. The van der Waals surface area contributed by atoms with Crippen LogP contribution in [0, 0.1) is 0 Å². The molecule has 7 nitrogen and oxygen atoms in total. The van der Waals surface area contributed by atoms with Crippen molar-refractivity contribution >= 4 is 16.8 Å². The smallest absolute Gasteiger partial charge is 0.224 e. The Morgan fingerprint density at radius 2 is 2.26 bits per heavy atom. The van der Waals surface area contributed by atoms with Gasteiger partial charge in [-0.25, -0.2) is 0 Å². The van der Waals surface area contributed by atoms with Gasteiger partial charge in [0.1, 0.15) is 0 Å². The van der Waals surface area contributed by atoms with E-state index in [0.717, 1.165) is 74.2 Å². The quantitative estimate of drug-likeness (QED) is 0.642. The van der Waals surface area contributed by atoms with E-state index in [2.05, 4.69) is 32.9 Å². The summed E-state index contributed by atoms with van der Waals surface area (Å²) in [5.41, 5.74) is 5.88. The number of carbonyl (C=O) groups excluding carboxylic acids is 1. The summed E-state index contributed by atoms with van der Waals surface area (Å²) >= 11 is 0. The van der Waals surface area contributed by atoms with E-state index in [1.54, 1.807) is 0 Å². The molecular weight excluding hydrogens is 390 g/mol.